The first-order valence-electron chi connectivity index (χ1n) is 5.57. The van der Waals surface area contributed by atoms with E-state index in [1.807, 2.05) is 24.3 Å². The van der Waals surface area contributed by atoms with Crippen LogP contribution in [0.5, 0.6) is 5.75 Å². The Morgan fingerprint density at radius 3 is 2.67 bits per heavy atom. The number of benzene rings is 2. The van der Waals surface area contributed by atoms with Crippen LogP contribution < -0.4 is 0 Å². The van der Waals surface area contributed by atoms with E-state index >= 15 is 0 Å². The van der Waals surface area contributed by atoms with Crippen molar-refractivity contribution in [1.82, 2.24) is 4.98 Å². The number of aromatic hydroxyl groups is 1. The predicted molar refractivity (Wildman–Crippen MR) is 73.9 cm³/mol. The summed E-state index contributed by atoms with van der Waals surface area (Å²) >= 11 is 5.99. The number of aromatic nitrogens is 1. The molecule has 3 rings (SSSR count). The Morgan fingerprint density at radius 1 is 0.944 bits per heavy atom. The highest BCUT2D eigenvalue weighted by Crippen LogP contribution is 2.35. The molecule has 0 aliphatic heterocycles. The minimum absolute atomic E-state index is 0.206. The minimum atomic E-state index is 0.206. The Balaban J connectivity index is 2.35. The highest BCUT2D eigenvalue weighted by molar-refractivity contribution is 6.31. The second-order valence-corrected chi connectivity index (χ2v) is 4.51. The van der Waals surface area contributed by atoms with E-state index in [9.17, 15) is 5.11 Å². The largest absolute Gasteiger partial charge is 0.507 e. The van der Waals surface area contributed by atoms with Gasteiger partial charge in [-0.25, -0.2) is 0 Å². The number of phenols is 1. The molecule has 2 aromatic carbocycles. The number of fused-ring (bicyclic) bond motifs is 1. The summed E-state index contributed by atoms with van der Waals surface area (Å²) in [6.07, 6.45) is 3.55. The molecule has 0 unspecified atom stereocenters. The van der Waals surface area contributed by atoms with Gasteiger partial charge in [0.05, 0.1) is 0 Å². The number of halogens is 1. The van der Waals surface area contributed by atoms with E-state index in [1.165, 1.54) is 0 Å². The van der Waals surface area contributed by atoms with Crippen LogP contribution in [0.3, 0.4) is 0 Å². The average molecular weight is 256 g/mol. The van der Waals surface area contributed by atoms with Gasteiger partial charge in [-0.3, -0.25) is 4.98 Å². The summed E-state index contributed by atoms with van der Waals surface area (Å²) in [5.74, 6) is 0.206. The van der Waals surface area contributed by atoms with E-state index in [0.29, 0.717) is 10.6 Å². The summed E-state index contributed by atoms with van der Waals surface area (Å²) in [5, 5.41) is 12.6. The molecule has 0 atom stereocenters. The Bertz CT molecular complexity index is 719. The fraction of sp³-hybridized carbons (Fsp3) is 0. The zero-order valence-electron chi connectivity index (χ0n) is 9.47. The van der Waals surface area contributed by atoms with Crippen molar-refractivity contribution < 1.29 is 5.11 Å². The van der Waals surface area contributed by atoms with E-state index in [1.54, 1.807) is 30.6 Å². The van der Waals surface area contributed by atoms with Crippen molar-refractivity contribution in [3.05, 3.63) is 59.9 Å². The molecule has 0 aliphatic rings. The van der Waals surface area contributed by atoms with Crippen LogP contribution in [0.4, 0.5) is 0 Å². The normalized spacial score (nSPS) is 10.7. The third-order valence-electron chi connectivity index (χ3n) is 2.92. The van der Waals surface area contributed by atoms with Crippen molar-refractivity contribution in [3.8, 4) is 16.9 Å². The molecule has 1 aromatic heterocycles. The Hall–Kier alpha value is -2.06. The average Bonchev–Trinajstić information content (AvgIpc) is 2.41. The second kappa shape index (κ2) is 4.31. The molecule has 0 spiro atoms. The van der Waals surface area contributed by atoms with Gasteiger partial charge in [-0.2, -0.15) is 0 Å². The molecule has 0 fully saturated rings. The van der Waals surface area contributed by atoms with Crippen molar-refractivity contribution in [2.75, 3.05) is 0 Å². The van der Waals surface area contributed by atoms with Gasteiger partial charge in [0.25, 0.3) is 0 Å². The number of pyridine rings is 1. The van der Waals surface area contributed by atoms with Crippen LogP contribution >= 0.6 is 11.6 Å². The first-order valence-corrected chi connectivity index (χ1v) is 5.95. The summed E-state index contributed by atoms with van der Waals surface area (Å²) in [6, 6.07) is 12.9. The van der Waals surface area contributed by atoms with E-state index < -0.39 is 0 Å². The molecule has 0 amide bonds. The second-order valence-electron chi connectivity index (χ2n) is 4.07. The molecular formula is C15H10ClNO. The predicted octanol–water partition coefficient (Wildman–Crippen LogP) is 4.26. The van der Waals surface area contributed by atoms with E-state index in [2.05, 4.69) is 4.98 Å². The van der Waals surface area contributed by atoms with Gasteiger partial charge in [-0.05, 0) is 23.6 Å². The molecule has 0 saturated carbocycles. The monoisotopic (exact) mass is 255 g/mol. The van der Waals surface area contributed by atoms with Crippen molar-refractivity contribution in [1.29, 1.82) is 0 Å². The molecule has 3 aromatic rings. The smallest absolute Gasteiger partial charge is 0.123 e. The van der Waals surface area contributed by atoms with Crippen LogP contribution in [0.25, 0.3) is 21.9 Å². The summed E-state index contributed by atoms with van der Waals surface area (Å²) in [7, 11) is 0. The Morgan fingerprint density at radius 2 is 1.78 bits per heavy atom. The summed E-state index contributed by atoms with van der Waals surface area (Å²) < 4.78 is 0. The summed E-state index contributed by atoms with van der Waals surface area (Å²) in [4.78, 5) is 4.21. The third kappa shape index (κ3) is 1.81. The molecule has 88 valence electrons. The lowest BCUT2D eigenvalue weighted by Crippen LogP contribution is -1.84. The lowest BCUT2D eigenvalue weighted by Gasteiger charge is -2.08. The zero-order valence-corrected chi connectivity index (χ0v) is 10.2. The van der Waals surface area contributed by atoms with Crippen molar-refractivity contribution in [2.24, 2.45) is 0 Å². The lowest BCUT2D eigenvalue weighted by molar-refractivity contribution is 0.477. The first-order chi connectivity index (χ1) is 8.75. The standard InChI is InChI=1S/C15H10ClNO/c16-11-5-6-15(18)13(7-11)14-9-17-8-10-3-1-2-4-12(10)14/h1-9,18H. The van der Waals surface area contributed by atoms with Crippen LogP contribution in [-0.2, 0) is 0 Å². The highest BCUT2D eigenvalue weighted by Gasteiger charge is 2.09. The highest BCUT2D eigenvalue weighted by atomic mass is 35.5. The van der Waals surface area contributed by atoms with Gasteiger partial charge in [-0.1, -0.05) is 35.9 Å². The van der Waals surface area contributed by atoms with Gasteiger partial charge in [0.1, 0.15) is 5.75 Å². The fourth-order valence-electron chi connectivity index (χ4n) is 2.06. The fourth-order valence-corrected chi connectivity index (χ4v) is 2.23. The third-order valence-corrected chi connectivity index (χ3v) is 3.15. The molecule has 18 heavy (non-hydrogen) atoms. The topological polar surface area (TPSA) is 33.1 Å². The SMILES string of the molecule is Oc1ccc(Cl)cc1-c1cncc2ccccc12. The van der Waals surface area contributed by atoms with Gasteiger partial charge in [0.15, 0.2) is 0 Å². The molecular weight excluding hydrogens is 246 g/mol. The molecule has 2 nitrogen and oxygen atoms in total. The zero-order chi connectivity index (χ0) is 12.5. The van der Waals surface area contributed by atoms with Gasteiger partial charge in [0.2, 0.25) is 0 Å². The van der Waals surface area contributed by atoms with Crippen LogP contribution in [0.2, 0.25) is 5.02 Å². The number of hydrogen-bond donors (Lipinski definition) is 1. The number of nitrogens with zero attached hydrogens (tertiary/aromatic N) is 1. The van der Waals surface area contributed by atoms with Gasteiger partial charge >= 0.3 is 0 Å². The molecule has 1 heterocycles. The summed E-state index contributed by atoms with van der Waals surface area (Å²) in [6.45, 7) is 0. The number of hydrogen-bond acceptors (Lipinski definition) is 2. The van der Waals surface area contributed by atoms with Crippen molar-refractivity contribution >= 4 is 22.4 Å². The maximum atomic E-state index is 9.96. The Labute approximate surface area is 109 Å². The van der Waals surface area contributed by atoms with Crippen LogP contribution in [0.1, 0.15) is 0 Å². The quantitative estimate of drug-likeness (QED) is 0.705. The van der Waals surface area contributed by atoms with E-state index in [-0.39, 0.29) is 5.75 Å². The van der Waals surface area contributed by atoms with E-state index in [4.69, 9.17) is 11.6 Å². The Kier molecular flexibility index (Phi) is 2.65. The van der Waals surface area contributed by atoms with Crippen LogP contribution in [0.15, 0.2) is 54.9 Å². The first kappa shape index (κ1) is 11.1. The molecule has 1 N–H and O–H groups in total. The van der Waals surface area contributed by atoms with Gasteiger partial charge < -0.3 is 5.11 Å². The number of phenolic OH excluding ortho intramolecular Hbond substituents is 1. The minimum Gasteiger partial charge on any atom is -0.507 e. The van der Waals surface area contributed by atoms with Crippen LogP contribution in [-0.4, -0.2) is 10.1 Å². The maximum Gasteiger partial charge on any atom is 0.123 e. The van der Waals surface area contributed by atoms with Crippen molar-refractivity contribution in [2.45, 2.75) is 0 Å². The van der Waals surface area contributed by atoms with Gasteiger partial charge in [0, 0.05) is 33.9 Å². The molecule has 3 heteroatoms. The lowest BCUT2D eigenvalue weighted by atomic mass is 10.0. The summed E-state index contributed by atoms with van der Waals surface area (Å²) in [5.41, 5.74) is 1.58. The van der Waals surface area contributed by atoms with Crippen LogP contribution in [0, 0.1) is 0 Å². The molecule has 0 saturated heterocycles. The molecule has 0 bridgehead atoms. The van der Waals surface area contributed by atoms with E-state index in [0.717, 1.165) is 16.3 Å². The molecule has 0 aliphatic carbocycles. The van der Waals surface area contributed by atoms with Crippen molar-refractivity contribution in [3.63, 3.8) is 0 Å². The van der Waals surface area contributed by atoms with Gasteiger partial charge in [-0.15, -0.1) is 0 Å². The maximum absolute atomic E-state index is 9.96. The molecule has 0 radical (unpaired) electrons. The number of rotatable bonds is 1.